The molecule has 1 unspecified atom stereocenters. The summed E-state index contributed by atoms with van der Waals surface area (Å²) in [6, 6.07) is 0.171. The number of aromatic nitrogens is 2. The fraction of sp³-hybridized carbons (Fsp3) is 0.714. The molecule has 1 atom stereocenters. The fourth-order valence-electron chi connectivity index (χ4n) is 2.05. The lowest BCUT2D eigenvalue weighted by molar-refractivity contribution is 0.347. The van der Waals surface area contributed by atoms with Crippen LogP contribution in [-0.2, 0) is 0 Å². The van der Waals surface area contributed by atoms with Gasteiger partial charge in [0.1, 0.15) is 5.69 Å². The van der Waals surface area contributed by atoms with E-state index in [0.717, 1.165) is 12.1 Å². The second-order valence-electron chi connectivity index (χ2n) is 4.50. The average Bonchev–Trinajstić information content (AvgIpc) is 2.47. The van der Waals surface area contributed by atoms with E-state index in [2.05, 4.69) is 22.2 Å². The summed E-state index contributed by atoms with van der Waals surface area (Å²) in [5, 5.41) is 3.28. The van der Waals surface area contributed by atoms with Crippen molar-refractivity contribution in [2.24, 2.45) is 0 Å². The highest BCUT2D eigenvalue weighted by molar-refractivity contribution is 5.25. The molecule has 5 heteroatoms. The summed E-state index contributed by atoms with van der Waals surface area (Å²) in [5.41, 5.74) is 0.849. The molecule has 0 aliphatic rings. The van der Waals surface area contributed by atoms with Gasteiger partial charge in [-0.15, -0.1) is 0 Å². The summed E-state index contributed by atoms with van der Waals surface area (Å²) < 4.78 is 10.4. The van der Waals surface area contributed by atoms with Gasteiger partial charge in [-0.05, 0) is 13.5 Å². The highest BCUT2D eigenvalue weighted by Gasteiger charge is 2.17. The highest BCUT2D eigenvalue weighted by atomic mass is 16.5. The Morgan fingerprint density at radius 1 is 1.21 bits per heavy atom. The van der Waals surface area contributed by atoms with Gasteiger partial charge in [0, 0.05) is 0 Å². The number of methoxy groups -OCH3 is 2. The van der Waals surface area contributed by atoms with Crippen molar-refractivity contribution in [3.05, 3.63) is 11.9 Å². The van der Waals surface area contributed by atoms with Gasteiger partial charge in [0.2, 0.25) is 11.8 Å². The maximum Gasteiger partial charge on any atom is 0.240 e. The van der Waals surface area contributed by atoms with Gasteiger partial charge in [-0.2, -0.15) is 4.98 Å². The molecular formula is C14H25N3O2. The standard InChI is InChI=1S/C14H25N3O2/c1-5-6-7-8-9-11(15-2)13-14(19-4)17-12(18-3)10-16-13/h10-11,15H,5-9H2,1-4H3. The van der Waals surface area contributed by atoms with Crippen molar-refractivity contribution in [1.82, 2.24) is 15.3 Å². The molecule has 1 aromatic heterocycles. The van der Waals surface area contributed by atoms with Gasteiger partial charge in [-0.3, -0.25) is 0 Å². The molecule has 1 aromatic rings. The van der Waals surface area contributed by atoms with Crippen molar-refractivity contribution < 1.29 is 9.47 Å². The number of rotatable bonds is 9. The fourth-order valence-corrected chi connectivity index (χ4v) is 2.05. The molecule has 19 heavy (non-hydrogen) atoms. The van der Waals surface area contributed by atoms with E-state index in [1.54, 1.807) is 20.4 Å². The van der Waals surface area contributed by atoms with Gasteiger partial charge in [0.05, 0.1) is 26.5 Å². The zero-order chi connectivity index (χ0) is 14.1. The molecule has 0 amide bonds. The minimum absolute atomic E-state index is 0.171. The monoisotopic (exact) mass is 267 g/mol. The molecule has 1 heterocycles. The van der Waals surface area contributed by atoms with Crippen LogP contribution in [0, 0.1) is 0 Å². The first kappa shape index (κ1) is 15.7. The number of hydrogen-bond donors (Lipinski definition) is 1. The summed E-state index contributed by atoms with van der Waals surface area (Å²) in [7, 11) is 5.12. The molecule has 0 aliphatic heterocycles. The van der Waals surface area contributed by atoms with Crippen LogP contribution in [0.5, 0.6) is 11.8 Å². The van der Waals surface area contributed by atoms with Crippen molar-refractivity contribution in [2.45, 2.75) is 45.1 Å². The van der Waals surface area contributed by atoms with E-state index < -0.39 is 0 Å². The minimum Gasteiger partial charge on any atom is -0.480 e. The molecule has 0 fully saturated rings. The Balaban J connectivity index is 2.73. The second-order valence-corrected chi connectivity index (χ2v) is 4.50. The predicted molar refractivity (Wildman–Crippen MR) is 75.7 cm³/mol. The molecule has 0 aromatic carbocycles. The van der Waals surface area contributed by atoms with Crippen LogP contribution in [0.2, 0.25) is 0 Å². The van der Waals surface area contributed by atoms with Crippen LogP contribution in [0.1, 0.15) is 50.8 Å². The maximum absolute atomic E-state index is 5.30. The summed E-state index contributed by atoms with van der Waals surface area (Å²) in [6.07, 6.45) is 7.62. The SMILES string of the molecule is CCCCCCC(NC)c1ncc(OC)nc1OC. The normalized spacial score (nSPS) is 12.2. The van der Waals surface area contributed by atoms with E-state index in [1.165, 1.54) is 25.7 Å². The molecule has 0 spiro atoms. The smallest absolute Gasteiger partial charge is 0.240 e. The van der Waals surface area contributed by atoms with Crippen LogP contribution in [0.3, 0.4) is 0 Å². The van der Waals surface area contributed by atoms with Crippen LogP contribution in [0.4, 0.5) is 0 Å². The third-order valence-corrected chi connectivity index (χ3v) is 3.17. The Kier molecular flexibility index (Phi) is 7.18. The Hall–Kier alpha value is -1.36. The van der Waals surface area contributed by atoms with Crippen LogP contribution in [-0.4, -0.2) is 31.2 Å². The van der Waals surface area contributed by atoms with Gasteiger partial charge in [-0.25, -0.2) is 4.98 Å². The molecule has 5 nitrogen and oxygen atoms in total. The number of unbranched alkanes of at least 4 members (excludes halogenated alkanes) is 3. The third-order valence-electron chi connectivity index (χ3n) is 3.17. The van der Waals surface area contributed by atoms with Crippen LogP contribution in [0.15, 0.2) is 6.20 Å². The zero-order valence-corrected chi connectivity index (χ0v) is 12.4. The summed E-state index contributed by atoms with van der Waals surface area (Å²) in [6.45, 7) is 2.22. The quantitative estimate of drug-likeness (QED) is 0.697. The molecule has 1 N–H and O–H groups in total. The van der Waals surface area contributed by atoms with Crippen molar-refractivity contribution in [3.63, 3.8) is 0 Å². The lowest BCUT2D eigenvalue weighted by atomic mass is 10.0. The number of nitrogens with zero attached hydrogens (tertiary/aromatic N) is 2. The van der Waals surface area contributed by atoms with Crippen molar-refractivity contribution in [1.29, 1.82) is 0 Å². The zero-order valence-electron chi connectivity index (χ0n) is 12.4. The lowest BCUT2D eigenvalue weighted by Gasteiger charge is -2.17. The Labute approximate surface area is 115 Å². The highest BCUT2D eigenvalue weighted by Crippen LogP contribution is 2.26. The molecule has 108 valence electrons. The van der Waals surface area contributed by atoms with Crippen molar-refractivity contribution >= 4 is 0 Å². The predicted octanol–water partition coefficient (Wildman–Crippen LogP) is 2.72. The second kappa shape index (κ2) is 8.69. The van der Waals surface area contributed by atoms with Gasteiger partial charge < -0.3 is 14.8 Å². The van der Waals surface area contributed by atoms with Crippen molar-refractivity contribution in [2.75, 3.05) is 21.3 Å². The largest absolute Gasteiger partial charge is 0.480 e. The summed E-state index contributed by atoms with van der Waals surface area (Å²) in [4.78, 5) is 8.69. The molecule has 1 rings (SSSR count). The Morgan fingerprint density at radius 2 is 2.00 bits per heavy atom. The van der Waals surface area contributed by atoms with Gasteiger partial charge in [-0.1, -0.05) is 32.6 Å². The van der Waals surface area contributed by atoms with E-state index in [-0.39, 0.29) is 6.04 Å². The molecular weight excluding hydrogens is 242 g/mol. The van der Waals surface area contributed by atoms with Gasteiger partial charge >= 0.3 is 0 Å². The van der Waals surface area contributed by atoms with Gasteiger partial charge in [0.25, 0.3) is 0 Å². The lowest BCUT2D eigenvalue weighted by Crippen LogP contribution is -2.19. The van der Waals surface area contributed by atoms with E-state index in [1.807, 2.05) is 7.05 Å². The van der Waals surface area contributed by atoms with E-state index >= 15 is 0 Å². The van der Waals surface area contributed by atoms with Crippen LogP contribution in [0.25, 0.3) is 0 Å². The first-order valence-corrected chi connectivity index (χ1v) is 6.89. The summed E-state index contributed by atoms with van der Waals surface area (Å²) in [5.74, 6) is 1.01. The van der Waals surface area contributed by atoms with Gasteiger partial charge in [0.15, 0.2) is 0 Å². The summed E-state index contributed by atoms with van der Waals surface area (Å²) >= 11 is 0. The Bertz CT molecular complexity index is 372. The number of hydrogen-bond acceptors (Lipinski definition) is 5. The average molecular weight is 267 g/mol. The molecule has 0 radical (unpaired) electrons. The first-order chi connectivity index (χ1) is 9.26. The number of ether oxygens (including phenoxy) is 2. The van der Waals surface area contributed by atoms with E-state index in [4.69, 9.17) is 9.47 Å². The number of nitrogens with one attached hydrogen (secondary N) is 1. The van der Waals surface area contributed by atoms with Crippen LogP contribution < -0.4 is 14.8 Å². The van der Waals surface area contributed by atoms with Crippen molar-refractivity contribution in [3.8, 4) is 11.8 Å². The maximum atomic E-state index is 5.30. The first-order valence-electron chi connectivity index (χ1n) is 6.89. The third kappa shape index (κ3) is 4.67. The Morgan fingerprint density at radius 3 is 2.58 bits per heavy atom. The molecule has 0 bridgehead atoms. The minimum atomic E-state index is 0.171. The molecule has 0 saturated carbocycles. The van der Waals surface area contributed by atoms with E-state index in [9.17, 15) is 0 Å². The topological polar surface area (TPSA) is 56.3 Å². The van der Waals surface area contributed by atoms with E-state index in [0.29, 0.717) is 11.8 Å². The molecule has 0 saturated heterocycles. The van der Waals surface area contributed by atoms with Crippen LogP contribution >= 0.6 is 0 Å². The molecule has 0 aliphatic carbocycles.